The zero-order chi connectivity index (χ0) is 12.3. The summed E-state index contributed by atoms with van der Waals surface area (Å²) in [4.78, 5) is 3.65. The van der Waals surface area contributed by atoms with Crippen molar-refractivity contribution < 1.29 is 4.42 Å². The van der Waals surface area contributed by atoms with Gasteiger partial charge >= 0.3 is 0 Å². The van der Waals surface area contributed by atoms with Crippen LogP contribution in [-0.4, -0.2) is 16.9 Å². The standard InChI is InChI=1S/C11H11N5O/c1-14-8(9(12)13)11-16-15-10(17-11)7-5-3-2-4-6-7/h2-6H,1,12-13H2. The topological polar surface area (TPSA) is 103 Å². The Morgan fingerprint density at radius 3 is 2.47 bits per heavy atom. The summed E-state index contributed by atoms with van der Waals surface area (Å²) in [7, 11) is 0. The van der Waals surface area contributed by atoms with Gasteiger partial charge in [0.1, 0.15) is 5.82 Å². The van der Waals surface area contributed by atoms with E-state index in [1.54, 1.807) is 0 Å². The highest BCUT2D eigenvalue weighted by atomic mass is 16.4. The zero-order valence-corrected chi connectivity index (χ0v) is 9.00. The molecule has 0 aliphatic rings. The molecule has 0 saturated carbocycles. The molecule has 0 radical (unpaired) electrons. The summed E-state index contributed by atoms with van der Waals surface area (Å²) in [6.45, 7) is 3.35. The number of aromatic nitrogens is 2. The van der Waals surface area contributed by atoms with Gasteiger partial charge in [-0.15, -0.1) is 10.2 Å². The number of aliphatic imine (C=N–C) groups is 1. The van der Waals surface area contributed by atoms with Crippen molar-refractivity contribution in [1.29, 1.82) is 0 Å². The van der Waals surface area contributed by atoms with Gasteiger partial charge in [0.2, 0.25) is 5.89 Å². The summed E-state index contributed by atoms with van der Waals surface area (Å²) in [5.74, 6) is 0.519. The molecule has 2 aromatic rings. The first kappa shape index (κ1) is 10.9. The molecular weight excluding hydrogens is 218 g/mol. The molecule has 0 aliphatic heterocycles. The van der Waals surface area contributed by atoms with Crippen LogP contribution in [0.25, 0.3) is 17.2 Å². The third-order valence-corrected chi connectivity index (χ3v) is 2.08. The van der Waals surface area contributed by atoms with Crippen molar-refractivity contribution in [2.75, 3.05) is 0 Å². The van der Waals surface area contributed by atoms with Crippen molar-refractivity contribution in [1.82, 2.24) is 10.2 Å². The quantitative estimate of drug-likeness (QED) is 0.763. The number of nitrogens with zero attached hydrogens (tertiary/aromatic N) is 3. The van der Waals surface area contributed by atoms with E-state index in [2.05, 4.69) is 21.9 Å². The Labute approximate surface area is 97.7 Å². The lowest BCUT2D eigenvalue weighted by Crippen LogP contribution is -2.10. The minimum atomic E-state index is -0.0109. The van der Waals surface area contributed by atoms with Gasteiger partial charge in [0, 0.05) is 5.56 Å². The van der Waals surface area contributed by atoms with Gasteiger partial charge in [0.15, 0.2) is 5.70 Å². The molecule has 0 saturated heterocycles. The van der Waals surface area contributed by atoms with E-state index in [-0.39, 0.29) is 17.4 Å². The fourth-order valence-corrected chi connectivity index (χ4v) is 1.30. The van der Waals surface area contributed by atoms with Crippen molar-refractivity contribution in [3.8, 4) is 11.5 Å². The van der Waals surface area contributed by atoms with E-state index in [4.69, 9.17) is 15.9 Å². The van der Waals surface area contributed by atoms with E-state index in [1.165, 1.54) is 0 Å². The number of hydrogen-bond acceptors (Lipinski definition) is 6. The van der Waals surface area contributed by atoms with E-state index < -0.39 is 0 Å². The van der Waals surface area contributed by atoms with Crippen LogP contribution in [0.1, 0.15) is 5.89 Å². The van der Waals surface area contributed by atoms with Crippen molar-refractivity contribution in [2.24, 2.45) is 16.5 Å². The van der Waals surface area contributed by atoms with Gasteiger partial charge in [0.05, 0.1) is 0 Å². The first-order chi connectivity index (χ1) is 8.22. The van der Waals surface area contributed by atoms with Gasteiger partial charge in [-0.25, -0.2) is 0 Å². The van der Waals surface area contributed by atoms with Crippen molar-refractivity contribution in [2.45, 2.75) is 0 Å². The van der Waals surface area contributed by atoms with Crippen LogP contribution < -0.4 is 11.5 Å². The van der Waals surface area contributed by atoms with Crippen LogP contribution in [0.5, 0.6) is 0 Å². The van der Waals surface area contributed by atoms with Gasteiger partial charge in [-0.3, -0.25) is 4.99 Å². The Balaban J connectivity index is 2.41. The van der Waals surface area contributed by atoms with Crippen LogP contribution in [0, 0.1) is 0 Å². The SMILES string of the molecule is C=NC(=C(N)N)c1nnc(-c2ccccc2)o1. The fraction of sp³-hybridized carbons (Fsp3) is 0. The van der Waals surface area contributed by atoms with Gasteiger partial charge in [-0.2, -0.15) is 0 Å². The maximum absolute atomic E-state index is 5.42. The van der Waals surface area contributed by atoms with Gasteiger partial charge in [-0.1, -0.05) is 18.2 Å². The molecule has 4 N–H and O–H groups in total. The normalized spacial score (nSPS) is 9.88. The highest BCUT2D eigenvalue weighted by Crippen LogP contribution is 2.21. The Morgan fingerprint density at radius 2 is 1.88 bits per heavy atom. The Kier molecular flexibility index (Phi) is 2.87. The summed E-state index contributed by atoms with van der Waals surface area (Å²) in [6, 6.07) is 9.36. The minimum Gasteiger partial charge on any atom is -0.414 e. The minimum absolute atomic E-state index is 0.0109. The third kappa shape index (κ3) is 2.15. The summed E-state index contributed by atoms with van der Waals surface area (Å²) in [6.07, 6.45) is 0. The summed E-state index contributed by atoms with van der Waals surface area (Å²) in [5, 5.41) is 7.70. The molecule has 0 spiro atoms. The van der Waals surface area contributed by atoms with Crippen LogP contribution in [-0.2, 0) is 0 Å². The summed E-state index contributed by atoms with van der Waals surface area (Å²) in [5.41, 5.74) is 11.9. The zero-order valence-electron chi connectivity index (χ0n) is 9.00. The number of rotatable bonds is 3. The average molecular weight is 229 g/mol. The Hall–Kier alpha value is -2.63. The third-order valence-electron chi connectivity index (χ3n) is 2.08. The first-order valence-corrected chi connectivity index (χ1v) is 4.83. The van der Waals surface area contributed by atoms with E-state index in [1.807, 2.05) is 30.3 Å². The Morgan fingerprint density at radius 1 is 1.18 bits per heavy atom. The molecule has 1 aromatic heterocycles. The van der Waals surface area contributed by atoms with Gasteiger partial charge in [-0.05, 0) is 18.9 Å². The fourth-order valence-electron chi connectivity index (χ4n) is 1.30. The number of nitrogens with two attached hydrogens (primary N) is 2. The van der Waals surface area contributed by atoms with E-state index >= 15 is 0 Å². The van der Waals surface area contributed by atoms with Crippen molar-refractivity contribution in [3.63, 3.8) is 0 Å². The lowest BCUT2D eigenvalue weighted by Gasteiger charge is -1.96. The molecule has 1 aromatic carbocycles. The van der Waals surface area contributed by atoms with Crippen molar-refractivity contribution in [3.05, 3.63) is 42.0 Å². The molecule has 0 fully saturated rings. The molecule has 2 rings (SSSR count). The summed E-state index contributed by atoms with van der Waals surface area (Å²) >= 11 is 0. The molecule has 0 atom stereocenters. The molecule has 17 heavy (non-hydrogen) atoms. The highest BCUT2D eigenvalue weighted by molar-refractivity contribution is 5.64. The molecule has 0 unspecified atom stereocenters. The lowest BCUT2D eigenvalue weighted by atomic mass is 10.2. The van der Waals surface area contributed by atoms with E-state index in [9.17, 15) is 0 Å². The van der Waals surface area contributed by atoms with Crippen LogP contribution >= 0.6 is 0 Å². The van der Waals surface area contributed by atoms with E-state index in [0.717, 1.165) is 5.56 Å². The predicted octanol–water partition coefficient (Wildman–Crippen LogP) is 0.981. The monoisotopic (exact) mass is 229 g/mol. The molecule has 0 bridgehead atoms. The Bertz CT molecular complexity index is 554. The molecule has 6 heteroatoms. The largest absolute Gasteiger partial charge is 0.414 e. The highest BCUT2D eigenvalue weighted by Gasteiger charge is 2.13. The number of benzene rings is 1. The maximum atomic E-state index is 5.42. The molecule has 86 valence electrons. The molecule has 1 heterocycles. The second kappa shape index (κ2) is 4.48. The molecule has 0 aliphatic carbocycles. The summed E-state index contributed by atoms with van der Waals surface area (Å²) < 4.78 is 5.41. The first-order valence-electron chi connectivity index (χ1n) is 4.83. The molecule has 6 nitrogen and oxygen atoms in total. The predicted molar refractivity (Wildman–Crippen MR) is 64.6 cm³/mol. The van der Waals surface area contributed by atoms with E-state index in [0.29, 0.717) is 5.89 Å². The van der Waals surface area contributed by atoms with Crippen LogP contribution in [0.15, 0.2) is 45.6 Å². The number of hydrogen-bond donors (Lipinski definition) is 2. The lowest BCUT2D eigenvalue weighted by molar-refractivity contribution is 0.551. The van der Waals surface area contributed by atoms with Crippen molar-refractivity contribution >= 4 is 12.4 Å². The van der Waals surface area contributed by atoms with Crippen LogP contribution in [0.2, 0.25) is 0 Å². The smallest absolute Gasteiger partial charge is 0.270 e. The second-order valence-electron chi connectivity index (χ2n) is 3.24. The average Bonchev–Trinajstić information content (AvgIpc) is 2.80. The van der Waals surface area contributed by atoms with Crippen LogP contribution in [0.4, 0.5) is 0 Å². The molecule has 0 amide bonds. The van der Waals surface area contributed by atoms with Crippen LogP contribution in [0.3, 0.4) is 0 Å². The second-order valence-corrected chi connectivity index (χ2v) is 3.24. The van der Waals surface area contributed by atoms with Gasteiger partial charge in [0.25, 0.3) is 5.89 Å². The molecular formula is C11H11N5O. The van der Waals surface area contributed by atoms with Gasteiger partial charge < -0.3 is 15.9 Å². The maximum Gasteiger partial charge on any atom is 0.270 e.